The highest BCUT2D eigenvalue weighted by atomic mass is 16.1. The normalized spacial score (nSPS) is 10.1. The van der Waals surface area contributed by atoms with Gasteiger partial charge in [-0.25, -0.2) is 4.98 Å². The first-order valence-electron chi connectivity index (χ1n) is 4.24. The van der Waals surface area contributed by atoms with Gasteiger partial charge in [0.15, 0.2) is 5.78 Å². The van der Waals surface area contributed by atoms with E-state index in [2.05, 4.69) is 15.0 Å². The van der Waals surface area contributed by atoms with Gasteiger partial charge in [-0.2, -0.15) is 0 Å². The first kappa shape index (κ1) is 8.62. The zero-order valence-corrected chi connectivity index (χ0v) is 7.69. The first-order valence-corrected chi connectivity index (χ1v) is 4.24. The number of H-pyrrole nitrogens is 1. The van der Waals surface area contributed by atoms with Gasteiger partial charge in [-0.15, -0.1) is 0 Å². The molecule has 0 unspecified atom stereocenters. The number of rotatable bonds is 2. The van der Waals surface area contributed by atoms with E-state index >= 15 is 0 Å². The number of pyridine rings is 1. The van der Waals surface area contributed by atoms with Crippen LogP contribution >= 0.6 is 0 Å². The molecule has 0 amide bonds. The van der Waals surface area contributed by atoms with E-state index in [4.69, 9.17) is 0 Å². The maximum atomic E-state index is 11.0. The second-order valence-corrected chi connectivity index (χ2v) is 2.94. The highest BCUT2D eigenvalue weighted by Crippen LogP contribution is 2.13. The van der Waals surface area contributed by atoms with Crippen LogP contribution < -0.4 is 0 Å². The maximum absolute atomic E-state index is 11.0. The molecule has 2 aromatic heterocycles. The molecule has 14 heavy (non-hydrogen) atoms. The molecule has 0 aliphatic rings. The summed E-state index contributed by atoms with van der Waals surface area (Å²) in [6.45, 7) is 1.50. The number of carbonyl (C=O) groups is 1. The average Bonchev–Trinajstić information content (AvgIpc) is 2.68. The molecule has 0 aliphatic heterocycles. The molecule has 0 atom stereocenters. The summed E-state index contributed by atoms with van der Waals surface area (Å²) in [7, 11) is 0. The van der Waals surface area contributed by atoms with Gasteiger partial charge in [0, 0.05) is 24.9 Å². The Balaban J connectivity index is 2.39. The summed E-state index contributed by atoms with van der Waals surface area (Å²) < 4.78 is 0. The molecular formula is C10H9N3O. The minimum Gasteiger partial charge on any atom is -0.336 e. The highest BCUT2D eigenvalue weighted by Gasteiger charge is 2.05. The fourth-order valence-corrected chi connectivity index (χ4v) is 1.16. The molecule has 2 aromatic rings. The van der Waals surface area contributed by atoms with Crippen LogP contribution in [0.25, 0.3) is 11.4 Å². The van der Waals surface area contributed by atoms with Crippen molar-refractivity contribution in [1.82, 2.24) is 15.0 Å². The Kier molecular flexibility index (Phi) is 2.10. The minimum atomic E-state index is -0.0159. The second kappa shape index (κ2) is 3.41. The van der Waals surface area contributed by atoms with Gasteiger partial charge in [0.2, 0.25) is 0 Å². The van der Waals surface area contributed by atoms with Gasteiger partial charge in [-0.3, -0.25) is 9.78 Å². The summed E-state index contributed by atoms with van der Waals surface area (Å²) >= 11 is 0. The predicted octanol–water partition coefficient (Wildman–Crippen LogP) is 1.67. The molecule has 0 saturated heterocycles. The molecule has 2 heterocycles. The van der Waals surface area contributed by atoms with Crippen LogP contribution in [-0.2, 0) is 0 Å². The molecule has 1 N–H and O–H groups in total. The Hall–Kier alpha value is -1.97. The van der Waals surface area contributed by atoms with Crippen molar-refractivity contribution in [2.45, 2.75) is 6.92 Å². The third-order valence-electron chi connectivity index (χ3n) is 1.91. The number of Topliss-reactive ketones (excluding diaryl/α,β-unsaturated/α-hetero) is 1. The molecule has 4 heteroatoms. The lowest BCUT2D eigenvalue weighted by Gasteiger charge is -1.93. The highest BCUT2D eigenvalue weighted by molar-refractivity contribution is 5.92. The summed E-state index contributed by atoms with van der Waals surface area (Å²) in [5, 5.41) is 0. The Labute approximate surface area is 81.0 Å². The Morgan fingerprint density at radius 2 is 2.07 bits per heavy atom. The SMILES string of the molecule is CC(=O)c1cnc(-c2ccncc2)[nH]1. The van der Waals surface area contributed by atoms with E-state index in [0.29, 0.717) is 11.5 Å². The van der Waals surface area contributed by atoms with E-state index in [-0.39, 0.29) is 5.78 Å². The number of nitrogens with zero attached hydrogens (tertiary/aromatic N) is 2. The van der Waals surface area contributed by atoms with E-state index in [0.717, 1.165) is 5.56 Å². The second-order valence-electron chi connectivity index (χ2n) is 2.94. The van der Waals surface area contributed by atoms with Gasteiger partial charge in [0.1, 0.15) is 11.5 Å². The van der Waals surface area contributed by atoms with Crippen molar-refractivity contribution in [3.63, 3.8) is 0 Å². The lowest BCUT2D eigenvalue weighted by molar-refractivity contribution is 0.101. The molecule has 0 saturated carbocycles. The lowest BCUT2D eigenvalue weighted by Crippen LogP contribution is -1.91. The fraction of sp³-hybridized carbons (Fsp3) is 0.100. The van der Waals surface area contributed by atoms with Crippen molar-refractivity contribution >= 4 is 5.78 Å². The van der Waals surface area contributed by atoms with Gasteiger partial charge in [0.25, 0.3) is 0 Å². The van der Waals surface area contributed by atoms with Crippen LogP contribution in [0.5, 0.6) is 0 Å². The number of ketones is 1. The van der Waals surface area contributed by atoms with E-state index < -0.39 is 0 Å². The van der Waals surface area contributed by atoms with Gasteiger partial charge in [-0.05, 0) is 12.1 Å². The molecule has 0 fully saturated rings. The molecule has 2 rings (SSSR count). The minimum absolute atomic E-state index is 0.0159. The summed E-state index contributed by atoms with van der Waals surface area (Å²) in [6, 6.07) is 3.67. The number of carbonyl (C=O) groups excluding carboxylic acids is 1. The third-order valence-corrected chi connectivity index (χ3v) is 1.91. The molecule has 0 bridgehead atoms. The summed E-state index contributed by atoms with van der Waals surface area (Å²) in [5.74, 6) is 0.676. The largest absolute Gasteiger partial charge is 0.336 e. The molecular weight excluding hydrogens is 178 g/mol. The van der Waals surface area contributed by atoms with Crippen molar-refractivity contribution in [3.05, 3.63) is 36.4 Å². The van der Waals surface area contributed by atoms with Crippen LogP contribution in [0.4, 0.5) is 0 Å². The smallest absolute Gasteiger partial charge is 0.177 e. The van der Waals surface area contributed by atoms with Gasteiger partial charge < -0.3 is 4.98 Å². The topological polar surface area (TPSA) is 58.6 Å². The molecule has 70 valence electrons. The number of aromatic amines is 1. The van der Waals surface area contributed by atoms with E-state index in [1.165, 1.54) is 13.1 Å². The summed E-state index contributed by atoms with van der Waals surface area (Å²) in [4.78, 5) is 22.0. The zero-order valence-electron chi connectivity index (χ0n) is 7.69. The predicted molar refractivity (Wildman–Crippen MR) is 51.8 cm³/mol. The van der Waals surface area contributed by atoms with Crippen molar-refractivity contribution in [1.29, 1.82) is 0 Å². The number of imidazole rings is 1. The quantitative estimate of drug-likeness (QED) is 0.727. The van der Waals surface area contributed by atoms with Gasteiger partial charge in [0.05, 0.1) is 6.20 Å². The zero-order chi connectivity index (χ0) is 9.97. The summed E-state index contributed by atoms with van der Waals surface area (Å²) in [6.07, 6.45) is 4.91. The van der Waals surface area contributed by atoms with E-state index in [1.54, 1.807) is 12.4 Å². The number of nitrogens with one attached hydrogen (secondary N) is 1. The number of hydrogen-bond donors (Lipinski definition) is 1. The van der Waals surface area contributed by atoms with E-state index in [1.807, 2.05) is 12.1 Å². The van der Waals surface area contributed by atoms with Crippen LogP contribution in [0.2, 0.25) is 0 Å². The Morgan fingerprint density at radius 3 is 2.64 bits per heavy atom. The molecule has 4 nitrogen and oxygen atoms in total. The third kappa shape index (κ3) is 1.54. The lowest BCUT2D eigenvalue weighted by atomic mass is 10.2. The summed E-state index contributed by atoms with van der Waals surface area (Å²) in [5.41, 5.74) is 1.45. The van der Waals surface area contributed by atoms with Crippen molar-refractivity contribution in [3.8, 4) is 11.4 Å². The van der Waals surface area contributed by atoms with Crippen LogP contribution in [0.3, 0.4) is 0 Å². The fourth-order valence-electron chi connectivity index (χ4n) is 1.16. The van der Waals surface area contributed by atoms with Crippen molar-refractivity contribution in [2.24, 2.45) is 0 Å². The van der Waals surface area contributed by atoms with Crippen LogP contribution in [-0.4, -0.2) is 20.7 Å². The number of aromatic nitrogens is 3. The Bertz CT molecular complexity index is 447. The molecule has 0 spiro atoms. The first-order chi connectivity index (χ1) is 6.77. The van der Waals surface area contributed by atoms with Crippen LogP contribution in [0.1, 0.15) is 17.4 Å². The van der Waals surface area contributed by atoms with Crippen LogP contribution in [0.15, 0.2) is 30.7 Å². The number of hydrogen-bond acceptors (Lipinski definition) is 3. The van der Waals surface area contributed by atoms with Gasteiger partial charge in [-0.1, -0.05) is 0 Å². The van der Waals surface area contributed by atoms with Crippen LogP contribution in [0, 0.1) is 0 Å². The van der Waals surface area contributed by atoms with Crippen molar-refractivity contribution < 1.29 is 4.79 Å². The molecule has 0 radical (unpaired) electrons. The maximum Gasteiger partial charge on any atom is 0.177 e. The van der Waals surface area contributed by atoms with Crippen molar-refractivity contribution in [2.75, 3.05) is 0 Å². The average molecular weight is 187 g/mol. The van der Waals surface area contributed by atoms with E-state index in [9.17, 15) is 4.79 Å². The monoisotopic (exact) mass is 187 g/mol. The van der Waals surface area contributed by atoms with Gasteiger partial charge >= 0.3 is 0 Å². The Morgan fingerprint density at radius 1 is 1.36 bits per heavy atom. The standard InChI is InChI=1S/C10H9N3O/c1-7(14)9-6-12-10(13-9)8-2-4-11-5-3-8/h2-6H,1H3,(H,12,13). The molecule has 0 aliphatic carbocycles. The molecule has 0 aromatic carbocycles.